The Morgan fingerprint density at radius 1 is 1.07 bits per heavy atom. The lowest BCUT2D eigenvalue weighted by Gasteiger charge is -2.03. The Balaban J connectivity index is 2.42. The Bertz CT molecular complexity index is 448. The fraction of sp³-hybridized carbons (Fsp3) is 0. The summed E-state index contributed by atoms with van der Waals surface area (Å²) in [6.07, 6.45) is 3.40. The molecule has 0 radical (unpaired) electrons. The molecule has 1 aromatic carbocycles. The minimum atomic E-state index is -0.111. The second-order valence-electron chi connectivity index (χ2n) is 2.88. The van der Waals surface area contributed by atoms with Gasteiger partial charge < -0.3 is 0 Å². The molecule has 0 N–H and O–H groups in total. The first-order valence-electron chi connectivity index (χ1n) is 4.21. The number of aromatic nitrogens is 1. The van der Waals surface area contributed by atoms with Crippen molar-refractivity contribution in [3.05, 3.63) is 59.4 Å². The highest BCUT2D eigenvalue weighted by Crippen LogP contribution is 2.16. The maximum Gasteiger partial charge on any atom is 0.263 e. The minimum absolute atomic E-state index is 0.111. The van der Waals surface area contributed by atoms with Crippen LogP contribution in [0.3, 0.4) is 0 Å². The molecule has 3 heteroatoms. The molecular weight excluding hydrogens is 198 g/mol. The molecule has 0 unspecified atom stereocenters. The van der Waals surface area contributed by atoms with Crippen molar-refractivity contribution >= 4 is 17.5 Å². The second kappa shape index (κ2) is 3.68. The molecule has 0 bridgehead atoms. The third-order valence-corrected chi connectivity index (χ3v) is 2.27. The molecule has 1 heterocycles. The predicted octanol–water partition coefficient (Wildman–Crippen LogP) is 2.83. The maximum absolute atomic E-state index is 11.8. The standard InChI is InChI=1S/C11H8ClNO/c12-10-6-2-1-5-9(10)11(14)13-7-3-4-8-13/h1-8H. The highest BCUT2D eigenvalue weighted by molar-refractivity contribution is 6.33. The highest BCUT2D eigenvalue weighted by Gasteiger charge is 2.09. The van der Waals surface area contributed by atoms with Crippen LogP contribution in [-0.2, 0) is 0 Å². The van der Waals surface area contributed by atoms with E-state index in [2.05, 4.69) is 0 Å². The summed E-state index contributed by atoms with van der Waals surface area (Å²) in [6.45, 7) is 0. The zero-order valence-electron chi connectivity index (χ0n) is 7.35. The summed E-state index contributed by atoms with van der Waals surface area (Å²) in [6, 6.07) is 10.6. The van der Waals surface area contributed by atoms with Crippen LogP contribution >= 0.6 is 11.6 Å². The lowest BCUT2D eigenvalue weighted by Crippen LogP contribution is -2.09. The Morgan fingerprint density at radius 3 is 2.36 bits per heavy atom. The number of carbonyl (C=O) groups is 1. The summed E-state index contributed by atoms with van der Waals surface area (Å²) in [4.78, 5) is 11.8. The summed E-state index contributed by atoms with van der Waals surface area (Å²) in [7, 11) is 0. The van der Waals surface area contributed by atoms with E-state index in [1.165, 1.54) is 4.57 Å². The van der Waals surface area contributed by atoms with E-state index in [1.54, 1.807) is 48.8 Å². The van der Waals surface area contributed by atoms with E-state index in [4.69, 9.17) is 11.6 Å². The zero-order valence-corrected chi connectivity index (χ0v) is 8.11. The van der Waals surface area contributed by atoms with Crippen LogP contribution in [0.25, 0.3) is 0 Å². The first kappa shape index (κ1) is 9.03. The van der Waals surface area contributed by atoms with Crippen LogP contribution in [-0.4, -0.2) is 10.5 Å². The first-order valence-corrected chi connectivity index (χ1v) is 4.59. The van der Waals surface area contributed by atoms with E-state index < -0.39 is 0 Å². The maximum atomic E-state index is 11.8. The van der Waals surface area contributed by atoms with Gasteiger partial charge in [-0.25, -0.2) is 0 Å². The molecule has 70 valence electrons. The molecule has 0 spiro atoms. The summed E-state index contributed by atoms with van der Waals surface area (Å²) < 4.78 is 1.50. The number of rotatable bonds is 1. The van der Waals surface area contributed by atoms with Crippen molar-refractivity contribution in [2.45, 2.75) is 0 Å². The largest absolute Gasteiger partial charge is 0.291 e. The van der Waals surface area contributed by atoms with Crippen LogP contribution in [0.15, 0.2) is 48.8 Å². The Morgan fingerprint density at radius 2 is 1.71 bits per heavy atom. The normalized spacial score (nSPS) is 10.1. The van der Waals surface area contributed by atoms with Crippen LogP contribution in [0.1, 0.15) is 10.4 Å². The van der Waals surface area contributed by atoms with Gasteiger partial charge in [0.25, 0.3) is 5.91 Å². The third kappa shape index (κ3) is 1.56. The molecule has 2 rings (SSSR count). The SMILES string of the molecule is O=C(c1ccccc1Cl)n1cccc1. The van der Waals surface area contributed by atoms with E-state index in [-0.39, 0.29) is 5.91 Å². The summed E-state index contributed by atoms with van der Waals surface area (Å²) in [5, 5.41) is 0.478. The number of benzene rings is 1. The van der Waals surface area contributed by atoms with Crippen molar-refractivity contribution in [2.75, 3.05) is 0 Å². The van der Waals surface area contributed by atoms with Crippen molar-refractivity contribution < 1.29 is 4.79 Å². The van der Waals surface area contributed by atoms with Gasteiger partial charge in [0.2, 0.25) is 0 Å². The molecule has 0 aliphatic carbocycles. The first-order chi connectivity index (χ1) is 6.79. The van der Waals surface area contributed by atoms with Gasteiger partial charge in [-0.1, -0.05) is 23.7 Å². The molecule has 0 amide bonds. The summed E-state index contributed by atoms with van der Waals surface area (Å²) in [5.74, 6) is -0.111. The van der Waals surface area contributed by atoms with Crippen LogP contribution in [0.5, 0.6) is 0 Å². The van der Waals surface area contributed by atoms with Crippen LogP contribution in [0.2, 0.25) is 5.02 Å². The molecule has 0 aliphatic heterocycles. The Hall–Kier alpha value is -1.54. The number of hydrogen-bond donors (Lipinski definition) is 0. The van der Waals surface area contributed by atoms with Crippen molar-refractivity contribution in [1.82, 2.24) is 4.57 Å². The number of carbonyl (C=O) groups excluding carboxylic acids is 1. The predicted molar refractivity (Wildman–Crippen MR) is 55.6 cm³/mol. The van der Waals surface area contributed by atoms with Gasteiger partial charge in [0, 0.05) is 12.4 Å². The highest BCUT2D eigenvalue weighted by atomic mass is 35.5. The average molecular weight is 206 g/mol. The Kier molecular flexibility index (Phi) is 2.37. The monoisotopic (exact) mass is 205 g/mol. The lowest BCUT2D eigenvalue weighted by molar-refractivity contribution is 0.0960. The average Bonchev–Trinajstić information content (AvgIpc) is 2.70. The van der Waals surface area contributed by atoms with E-state index in [9.17, 15) is 4.79 Å². The molecule has 2 aromatic rings. The molecule has 0 atom stereocenters. The van der Waals surface area contributed by atoms with Gasteiger partial charge in [-0.3, -0.25) is 9.36 Å². The third-order valence-electron chi connectivity index (χ3n) is 1.94. The molecular formula is C11H8ClNO. The molecule has 0 saturated carbocycles. The lowest BCUT2D eigenvalue weighted by atomic mass is 10.2. The molecule has 14 heavy (non-hydrogen) atoms. The number of nitrogens with zero attached hydrogens (tertiary/aromatic N) is 1. The molecule has 0 aliphatic rings. The van der Waals surface area contributed by atoms with E-state index >= 15 is 0 Å². The van der Waals surface area contributed by atoms with Gasteiger partial charge in [0.15, 0.2) is 0 Å². The van der Waals surface area contributed by atoms with Crippen LogP contribution in [0.4, 0.5) is 0 Å². The van der Waals surface area contributed by atoms with Crippen molar-refractivity contribution in [1.29, 1.82) is 0 Å². The van der Waals surface area contributed by atoms with Crippen molar-refractivity contribution in [2.24, 2.45) is 0 Å². The van der Waals surface area contributed by atoms with Gasteiger partial charge in [-0.15, -0.1) is 0 Å². The minimum Gasteiger partial charge on any atom is -0.291 e. The number of halogens is 1. The zero-order chi connectivity index (χ0) is 9.97. The molecule has 0 saturated heterocycles. The van der Waals surface area contributed by atoms with E-state index in [0.717, 1.165) is 0 Å². The summed E-state index contributed by atoms with van der Waals surface area (Å²) >= 11 is 5.90. The summed E-state index contributed by atoms with van der Waals surface area (Å²) in [5.41, 5.74) is 0.519. The Labute approximate surface area is 86.7 Å². The molecule has 1 aromatic heterocycles. The fourth-order valence-electron chi connectivity index (χ4n) is 1.24. The van der Waals surface area contributed by atoms with Gasteiger partial charge in [-0.05, 0) is 24.3 Å². The van der Waals surface area contributed by atoms with E-state index in [1.807, 2.05) is 0 Å². The van der Waals surface area contributed by atoms with E-state index in [0.29, 0.717) is 10.6 Å². The molecule has 2 nitrogen and oxygen atoms in total. The van der Waals surface area contributed by atoms with Crippen molar-refractivity contribution in [3.8, 4) is 0 Å². The quantitative estimate of drug-likeness (QED) is 0.702. The number of hydrogen-bond acceptors (Lipinski definition) is 1. The van der Waals surface area contributed by atoms with Gasteiger partial charge >= 0.3 is 0 Å². The topological polar surface area (TPSA) is 22.0 Å². The second-order valence-corrected chi connectivity index (χ2v) is 3.28. The van der Waals surface area contributed by atoms with Crippen LogP contribution in [0, 0.1) is 0 Å². The smallest absolute Gasteiger partial charge is 0.263 e. The van der Waals surface area contributed by atoms with Gasteiger partial charge in [0.05, 0.1) is 10.6 Å². The van der Waals surface area contributed by atoms with Gasteiger partial charge in [-0.2, -0.15) is 0 Å². The van der Waals surface area contributed by atoms with Gasteiger partial charge in [0.1, 0.15) is 0 Å². The van der Waals surface area contributed by atoms with Crippen LogP contribution < -0.4 is 0 Å². The van der Waals surface area contributed by atoms with Crippen molar-refractivity contribution in [3.63, 3.8) is 0 Å². The fourth-order valence-corrected chi connectivity index (χ4v) is 1.46. The molecule has 0 fully saturated rings.